The van der Waals surface area contributed by atoms with Crippen molar-refractivity contribution in [1.82, 2.24) is 0 Å². The maximum atomic E-state index is 11.7. The first kappa shape index (κ1) is 16.0. The lowest BCUT2D eigenvalue weighted by Crippen LogP contribution is -2.04. The van der Waals surface area contributed by atoms with E-state index in [1.165, 1.54) is 48.6 Å². The summed E-state index contributed by atoms with van der Waals surface area (Å²) < 4.78 is 5.02. The Labute approximate surface area is 131 Å². The van der Waals surface area contributed by atoms with Gasteiger partial charge in [0.2, 0.25) is 0 Å². The van der Waals surface area contributed by atoms with Gasteiger partial charge < -0.3 is 14.9 Å². The number of ether oxygens (including phenoxy) is 1. The molecule has 0 amide bonds. The van der Waals surface area contributed by atoms with Crippen molar-refractivity contribution >= 4 is 24.0 Å². The summed E-state index contributed by atoms with van der Waals surface area (Å²) in [4.78, 5) is 33.1. The van der Waals surface area contributed by atoms with Crippen LogP contribution in [0.4, 0.5) is 0 Å². The molecule has 2 N–H and O–H groups in total. The van der Waals surface area contributed by atoms with E-state index in [1.54, 1.807) is 12.1 Å². The van der Waals surface area contributed by atoms with Gasteiger partial charge in [0.05, 0.1) is 11.1 Å². The molecule has 6 heteroatoms. The molecule has 0 aromatic heterocycles. The molecule has 0 saturated carbocycles. The minimum Gasteiger partial charge on any atom is -0.478 e. The van der Waals surface area contributed by atoms with Gasteiger partial charge in [-0.25, -0.2) is 14.4 Å². The molecule has 2 aromatic carbocycles. The monoisotopic (exact) mass is 312 g/mol. The van der Waals surface area contributed by atoms with Gasteiger partial charge >= 0.3 is 17.9 Å². The van der Waals surface area contributed by atoms with Crippen molar-refractivity contribution in [3.8, 4) is 5.75 Å². The van der Waals surface area contributed by atoms with Crippen molar-refractivity contribution in [2.24, 2.45) is 0 Å². The van der Waals surface area contributed by atoms with Crippen molar-refractivity contribution in [3.05, 3.63) is 71.3 Å². The Kier molecular flexibility index (Phi) is 4.89. The Morgan fingerprint density at radius 2 is 1.26 bits per heavy atom. The quantitative estimate of drug-likeness (QED) is 0.500. The van der Waals surface area contributed by atoms with E-state index >= 15 is 0 Å². The lowest BCUT2D eigenvalue weighted by atomic mass is 10.1. The number of carbonyl (C=O) groups is 3. The van der Waals surface area contributed by atoms with Crippen LogP contribution in [0.5, 0.6) is 5.75 Å². The lowest BCUT2D eigenvalue weighted by Gasteiger charge is -2.01. The van der Waals surface area contributed by atoms with E-state index in [-0.39, 0.29) is 16.9 Å². The van der Waals surface area contributed by atoms with E-state index in [4.69, 9.17) is 14.9 Å². The molecule has 0 bridgehead atoms. The van der Waals surface area contributed by atoms with Crippen LogP contribution in [-0.2, 0) is 4.79 Å². The second-order valence-electron chi connectivity index (χ2n) is 4.51. The molecule has 2 aromatic rings. The predicted molar refractivity (Wildman–Crippen MR) is 81.5 cm³/mol. The minimum absolute atomic E-state index is 0.0962. The maximum absolute atomic E-state index is 11.7. The molecule has 0 heterocycles. The van der Waals surface area contributed by atoms with Gasteiger partial charge in [0.25, 0.3) is 0 Å². The number of rotatable bonds is 5. The van der Waals surface area contributed by atoms with E-state index in [0.29, 0.717) is 5.56 Å². The van der Waals surface area contributed by atoms with E-state index in [1.807, 2.05) is 0 Å². The number of carboxylic acid groups (broad SMARTS) is 2. The van der Waals surface area contributed by atoms with Crippen LogP contribution in [0.15, 0.2) is 54.6 Å². The van der Waals surface area contributed by atoms with Gasteiger partial charge in [-0.1, -0.05) is 12.1 Å². The Hall–Kier alpha value is -3.41. The largest absolute Gasteiger partial charge is 0.478 e. The van der Waals surface area contributed by atoms with Gasteiger partial charge in [-0.3, -0.25) is 0 Å². The molecule has 0 fully saturated rings. The highest BCUT2D eigenvalue weighted by molar-refractivity contribution is 5.90. The van der Waals surface area contributed by atoms with Crippen LogP contribution in [0.25, 0.3) is 6.08 Å². The van der Waals surface area contributed by atoms with Crippen LogP contribution in [-0.4, -0.2) is 28.1 Å². The maximum Gasteiger partial charge on any atom is 0.336 e. The molecular weight excluding hydrogens is 300 g/mol. The first-order valence-electron chi connectivity index (χ1n) is 6.52. The highest BCUT2D eigenvalue weighted by atomic mass is 16.5. The van der Waals surface area contributed by atoms with Crippen LogP contribution < -0.4 is 4.74 Å². The number of aromatic carboxylic acids is 2. The Morgan fingerprint density at radius 3 is 1.74 bits per heavy atom. The molecule has 0 aliphatic heterocycles. The molecule has 116 valence electrons. The average molecular weight is 312 g/mol. The van der Waals surface area contributed by atoms with Gasteiger partial charge in [-0.05, 0) is 48.0 Å². The van der Waals surface area contributed by atoms with E-state index in [2.05, 4.69) is 0 Å². The molecule has 0 atom stereocenters. The van der Waals surface area contributed by atoms with Gasteiger partial charge in [0.15, 0.2) is 0 Å². The molecule has 0 saturated heterocycles. The van der Waals surface area contributed by atoms with E-state index in [9.17, 15) is 14.4 Å². The second kappa shape index (κ2) is 7.04. The van der Waals surface area contributed by atoms with Crippen LogP contribution in [0.2, 0.25) is 0 Å². The SMILES string of the molecule is O=C(C=Cc1ccc(C(=O)O)cc1)Oc1ccc(C(=O)O)cc1. The predicted octanol–water partition coefficient (Wildman–Crippen LogP) is 2.70. The number of carbonyl (C=O) groups excluding carboxylic acids is 1. The zero-order valence-electron chi connectivity index (χ0n) is 11.8. The van der Waals surface area contributed by atoms with Crippen LogP contribution in [0.3, 0.4) is 0 Å². The Bertz CT molecular complexity index is 757. The summed E-state index contributed by atoms with van der Waals surface area (Å²) in [6, 6.07) is 11.4. The summed E-state index contributed by atoms with van der Waals surface area (Å²) in [6.07, 6.45) is 2.68. The first-order chi connectivity index (χ1) is 11.0. The third-order valence-electron chi connectivity index (χ3n) is 2.89. The molecule has 6 nitrogen and oxygen atoms in total. The number of carboxylic acids is 2. The van der Waals surface area contributed by atoms with Gasteiger partial charge in [0.1, 0.15) is 5.75 Å². The normalized spacial score (nSPS) is 10.4. The van der Waals surface area contributed by atoms with Crippen molar-refractivity contribution in [3.63, 3.8) is 0 Å². The van der Waals surface area contributed by atoms with Gasteiger partial charge in [-0.15, -0.1) is 0 Å². The molecule has 0 unspecified atom stereocenters. The van der Waals surface area contributed by atoms with Gasteiger partial charge in [-0.2, -0.15) is 0 Å². The highest BCUT2D eigenvalue weighted by Crippen LogP contribution is 2.13. The fourth-order valence-electron chi connectivity index (χ4n) is 1.72. The number of hydrogen-bond donors (Lipinski definition) is 2. The molecule has 0 spiro atoms. The third-order valence-corrected chi connectivity index (χ3v) is 2.89. The fourth-order valence-corrected chi connectivity index (χ4v) is 1.72. The number of esters is 1. The summed E-state index contributed by atoms with van der Waals surface area (Å²) in [5.74, 6) is -2.49. The zero-order chi connectivity index (χ0) is 16.8. The number of hydrogen-bond acceptors (Lipinski definition) is 4. The third kappa shape index (κ3) is 4.53. The summed E-state index contributed by atoms with van der Waals surface area (Å²) in [6.45, 7) is 0. The van der Waals surface area contributed by atoms with E-state index < -0.39 is 17.9 Å². The molecule has 0 radical (unpaired) electrons. The minimum atomic E-state index is -1.06. The molecule has 0 aliphatic carbocycles. The molecule has 23 heavy (non-hydrogen) atoms. The number of benzene rings is 2. The van der Waals surface area contributed by atoms with Gasteiger partial charge in [0, 0.05) is 6.08 Å². The van der Waals surface area contributed by atoms with Crippen molar-refractivity contribution in [2.75, 3.05) is 0 Å². The van der Waals surface area contributed by atoms with E-state index in [0.717, 1.165) is 0 Å². The van der Waals surface area contributed by atoms with Crippen LogP contribution in [0, 0.1) is 0 Å². The smallest absolute Gasteiger partial charge is 0.336 e. The van der Waals surface area contributed by atoms with Crippen LogP contribution >= 0.6 is 0 Å². The molecule has 2 rings (SSSR count). The Balaban J connectivity index is 1.98. The zero-order valence-corrected chi connectivity index (χ0v) is 11.8. The molecular formula is C17H12O6. The first-order valence-corrected chi connectivity index (χ1v) is 6.52. The standard InChI is InChI=1S/C17H12O6/c18-15(23-14-8-6-13(7-9-14)17(21)22)10-3-11-1-4-12(5-2-11)16(19)20/h1-10H,(H,19,20)(H,21,22). The summed E-state index contributed by atoms with van der Waals surface area (Å²) >= 11 is 0. The second-order valence-corrected chi connectivity index (χ2v) is 4.51. The van der Waals surface area contributed by atoms with Crippen molar-refractivity contribution < 1.29 is 29.3 Å². The van der Waals surface area contributed by atoms with Crippen LogP contribution in [0.1, 0.15) is 26.3 Å². The molecule has 0 aliphatic rings. The fraction of sp³-hybridized carbons (Fsp3) is 0. The average Bonchev–Trinajstić information content (AvgIpc) is 2.54. The lowest BCUT2D eigenvalue weighted by molar-refractivity contribution is -0.128. The Morgan fingerprint density at radius 1 is 0.783 bits per heavy atom. The van der Waals surface area contributed by atoms with Crippen molar-refractivity contribution in [2.45, 2.75) is 0 Å². The highest BCUT2D eigenvalue weighted by Gasteiger charge is 2.05. The van der Waals surface area contributed by atoms with Crippen molar-refractivity contribution in [1.29, 1.82) is 0 Å². The summed E-state index contributed by atoms with van der Waals surface area (Å²) in [7, 11) is 0. The summed E-state index contributed by atoms with van der Waals surface area (Å²) in [5, 5.41) is 17.5. The topological polar surface area (TPSA) is 101 Å². The summed E-state index contributed by atoms with van der Waals surface area (Å²) in [5.41, 5.74) is 0.898.